The number of nitrogens with zero attached hydrogens (tertiary/aromatic N) is 2. The molecular weight excluding hydrogens is 805 g/mol. The first-order chi connectivity index (χ1) is 24.3. The summed E-state index contributed by atoms with van der Waals surface area (Å²) in [4.78, 5) is 8.68. The molecule has 3 heterocycles. The molecule has 0 saturated carbocycles. The Labute approximate surface area is 310 Å². The summed E-state index contributed by atoms with van der Waals surface area (Å²) < 4.78 is 2.69. The van der Waals surface area contributed by atoms with E-state index in [1.807, 2.05) is 84.3 Å². The molecule has 0 spiro atoms. The van der Waals surface area contributed by atoms with Crippen molar-refractivity contribution in [3.05, 3.63) is 194 Å². The Morgan fingerprint density at radius 1 is 0.420 bits per heavy atom. The fourth-order valence-corrected chi connectivity index (χ4v) is 7.30. The van der Waals surface area contributed by atoms with E-state index in [-0.39, 0.29) is 20.1 Å². The summed E-state index contributed by atoms with van der Waals surface area (Å²) >= 11 is 1.88. The minimum atomic E-state index is 0. The molecule has 50 heavy (non-hydrogen) atoms. The van der Waals surface area contributed by atoms with Gasteiger partial charge in [-0.2, -0.15) is 0 Å². The van der Waals surface area contributed by atoms with Crippen LogP contribution in [0.25, 0.3) is 76.1 Å². The maximum absolute atomic E-state index is 4.46. The van der Waals surface area contributed by atoms with E-state index in [0.717, 1.165) is 28.1 Å². The number of hydrogen-bond donors (Lipinski definition) is 0. The van der Waals surface area contributed by atoms with Crippen molar-refractivity contribution in [1.82, 2.24) is 9.97 Å². The number of fused-ring (bicyclic) bond motifs is 3. The van der Waals surface area contributed by atoms with Gasteiger partial charge in [0.2, 0.25) is 0 Å². The zero-order valence-corrected chi connectivity index (χ0v) is 30.2. The molecule has 4 heteroatoms. The molecule has 6 aromatic carbocycles. The van der Waals surface area contributed by atoms with Crippen molar-refractivity contribution in [3.63, 3.8) is 0 Å². The molecular formula is C46H30IrN2S-2. The van der Waals surface area contributed by atoms with Crippen LogP contribution in [0.15, 0.2) is 182 Å². The Hall–Kier alpha value is -5.51. The van der Waals surface area contributed by atoms with Crippen molar-refractivity contribution < 1.29 is 20.1 Å². The molecule has 0 aliphatic rings. The third-order valence-electron chi connectivity index (χ3n) is 8.54. The van der Waals surface area contributed by atoms with E-state index in [2.05, 4.69) is 125 Å². The van der Waals surface area contributed by atoms with Crippen LogP contribution in [0.5, 0.6) is 0 Å². The first-order valence-electron chi connectivity index (χ1n) is 16.2. The van der Waals surface area contributed by atoms with E-state index >= 15 is 0 Å². The van der Waals surface area contributed by atoms with Crippen LogP contribution in [-0.2, 0) is 20.1 Å². The van der Waals surface area contributed by atoms with Crippen molar-refractivity contribution >= 4 is 31.5 Å². The Balaban J connectivity index is 0.000000255. The molecule has 241 valence electrons. The van der Waals surface area contributed by atoms with Gasteiger partial charge in [0.1, 0.15) is 0 Å². The molecule has 0 N–H and O–H groups in total. The zero-order chi connectivity index (χ0) is 32.8. The summed E-state index contributed by atoms with van der Waals surface area (Å²) in [5.74, 6) is 0. The normalized spacial score (nSPS) is 10.6. The van der Waals surface area contributed by atoms with Crippen LogP contribution >= 0.6 is 11.3 Å². The molecule has 0 amide bonds. The van der Waals surface area contributed by atoms with Crippen molar-refractivity contribution in [2.24, 2.45) is 0 Å². The van der Waals surface area contributed by atoms with E-state index in [9.17, 15) is 0 Å². The molecule has 0 unspecified atom stereocenters. The third kappa shape index (κ3) is 7.10. The average molecular weight is 835 g/mol. The monoisotopic (exact) mass is 835 g/mol. The zero-order valence-electron chi connectivity index (χ0n) is 27.0. The van der Waals surface area contributed by atoms with Crippen LogP contribution in [0.2, 0.25) is 0 Å². The fourth-order valence-electron chi connectivity index (χ4n) is 6.06. The summed E-state index contributed by atoms with van der Waals surface area (Å²) in [6.45, 7) is 0. The van der Waals surface area contributed by atoms with Crippen LogP contribution in [0.4, 0.5) is 0 Å². The number of benzene rings is 6. The summed E-state index contributed by atoms with van der Waals surface area (Å²) in [5.41, 5.74) is 11.3. The van der Waals surface area contributed by atoms with E-state index in [1.54, 1.807) is 6.20 Å². The maximum atomic E-state index is 4.46. The predicted molar refractivity (Wildman–Crippen MR) is 206 cm³/mol. The average Bonchev–Trinajstić information content (AvgIpc) is 3.59. The predicted octanol–water partition coefficient (Wildman–Crippen LogP) is 12.5. The molecule has 0 bridgehead atoms. The van der Waals surface area contributed by atoms with Crippen LogP contribution in [0.1, 0.15) is 0 Å². The molecule has 1 radical (unpaired) electrons. The van der Waals surface area contributed by atoms with E-state index in [1.165, 1.54) is 48.0 Å². The van der Waals surface area contributed by atoms with Gasteiger partial charge in [0, 0.05) is 52.7 Å². The van der Waals surface area contributed by atoms with Crippen molar-refractivity contribution in [3.8, 4) is 55.9 Å². The van der Waals surface area contributed by atoms with Gasteiger partial charge in [0.15, 0.2) is 0 Å². The van der Waals surface area contributed by atoms with Gasteiger partial charge >= 0.3 is 0 Å². The first-order valence-corrected chi connectivity index (χ1v) is 17.0. The van der Waals surface area contributed by atoms with Gasteiger partial charge < -0.3 is 9.97 Å². The molecule has 2 nitrogen and oxygen atoms in total. The Bertz CT molecular complexity index is 2420. The Morgan fingerprint density at radius 3 is 1.66 bits per heavy atom. The van der Waals surface area contributed by atoms with Crippen molar-refractivity contribution in [1.29, 1.82) is 0 Å². The molecule has 9 aromatic rings. The SMILES string of the molecule is [Ir].[c-]1ccc(-c2ccc(-c3ccc(-c4cccc5c4sc4ccccc45)cc3)cc2)cc1-c1ccccn1.[c-]1ccccc1-c1ccccn1. The summed E-state index contributed by atoms with van der Waals surface area (Å²) in [5, 5.41) is 2.67. The molecule has 0 fully saturated rings. The second-order valence-electron chi connectivity index (χ2n) is 11.6. The van der Waals surface area contributed by atoms with Gasteiger partial charge in [-0.05, 0) is 57.4 Å². The van der Waals surface area contributed by atoms with E-state index in [0.29, 0.717) is 0 Å². The van der Waals surface area contributed by atoms with Crippen LogP contribution in [-0.4, -0.2) is 9.97 Å². The van der Waals surface area contributed by atoms with E-state index in [4.69, 9.17) is 0 Å². The summed E-state index contributed by atoms with van der Waals surface area (Å²) in [6.07, 6.45) is 3.61. The van der Waals surface area contributed by atoms with Crippen LogP contribution in [0, 0.1) is 12.1 Å². The standard InChI is InChI=1S/C35H22NS.C11H8N.Ir/c1-2-13-34-31(9-1)32-11-6-10-30(35(32)37-34)27-20-18-25(19-21-27)24-14-16-26(17-15-24)28-7-5-8-29(23-28)33-12-3-4-22-36-33;1-2-6-10(7-3-1)11-8-4-5-9-12-11;/h1-7,9-23H;1-6,8-9H;/q2*-1;. The van der Waals surface area contributed by atoms with Gasteiger partial charge in [0.05, 0.1) is 0 Å². The number of pyridine rings is 2. The second-order valence-corrected chi connectivity index (χ2v) is 12.7. The second kappa shape index (κ2) is 15.4. The summed E-state index contributed by atoms with van der Waals surface area (Å²) in [7, 11) is 0. The number of hydrogen-bond acceptors (Lipinski definition) is 3. The minimum absolute atomic E-state index is 0. The Morgan fingerprint density at radius 2 is 1.00 bits per heavy atom. The smallest absolute Gasteiger partial charge is 0.0433 e. The first kappa shape index (κ1) is 33.0. The largest absolute Gasteiger partial charge is 0.305 e. The van der Waals surface area contributed by atoms with Gasteiger partial charge in [0.25, 0.3) is 0 Å². The third-order valence-corrected chi connectivity index (χ3v) is 9.76. The molecule has 0 aliphatic carbocycles. The van der Waals surface area contributed by atoms with Gasteiger partial charge in [-0.25, -0.2) is 0 Å². The van der Waals surface area contributed by atoms with Gasteiger partial charge in [-0.1, -0.05) is 109 Å². The van der Waals surface area contributed by atoms with E-state index < -0.39 is 0 Å². The van der Waals surface area contributed by atoms with Gasteiger partial charge in [-0.15, -0.1) is 82.6 Å². The van der Waals surface area contributed by atoms with Gasteiger partial charge in [-0.3, -0.25) is 0 Å². The minimum Gasteiger partial charge on any atom is -0.305 e. The number of rotatable bonds is 5. The van der Waals surface area contributed by atoms with Crippen molar-refractivity contribution in [2.45, 2.75) is 0 Å². The maximum Gasteiger partial charge on any atom is 0.0433 e. The van der Waals surface area contributed by atoms with Crippen molar-refractivity contribution in [2.75, 3.05) is 0 Å². The fraction of sp³-hybridized carbons (Fsp3) is 0. The van der Waals surface area contributed by atoms with Crippen LogP contribution < -0.4 is 0 Å². The molecule has 0 atom stereocenters. The quantitative estimate of drug-likeness (QED) is 0.161. The molecule has 0 aliphatic heterocycles. The Kier molecular flexibility index (Phi) is 10.1. The molecule has 9 rings (SSSR count). The number of thiophene rings is 1. The molecule has 3 aromatic heterocycles. The number of aromatic nitrogens is 2. The van der Waals surface area contributed by atoms with Crippen LogP contribution in [0.3, 0.4) is 0 Å². The topological polar surface area (TPSA) is 25.8 Å². The summed E-state index contributed by atoms with van der Waals surface area (Å²) in [6, 6.07) is 65.4. The molecule has 0 saturated heterocycles.